The number of Topliss-reactive ketones (excluding diaryl/α,β-unsaturated/α-hetero) is 1. The van der Waals surface area contributed by atoms with Crippen LogP contribution < -0.4 is 0 Å². The first-order chi connectivity index (χ1) is 9.56. The minimum atomic E-state index is 0.144. The molecule has 2 aromatic rings. The van der Waals surface area contributed by atoms with E-state index >= 15 is 0 Å². The van der Waals surface area contributed by atoms with E-state index in [4.69, 9.17) is 11.6 Å². The molecule has 0 saturated heterocycles. The van der Waals surface area contributed by atoms with E-state index in [0.717, 1.165) is 10.5 Å². The lowest BCUT2D eigenvalue weighted by Crippen LogP contribution is -2.02. The minimum absolute atomic E-state index is 0.144. The van der Waals surface area contributed by atoms with E-state index in [2.05, 4.69) is 13.8 Å². The molecule has 0 atom stereocenters. The van der Waals surface area contributed by atoms with Gasteiger partial charge in [0.05, 0.1) is 5.75 Å². The van der Waals surface area contributed by atoms with Crippen molar-refractivity contribution in [3.05, 3.63) is 64.7 Å². The van der Waals surface area contributed by atoms with Crippen molar-refractivity contribution in [2.75, 3.05) is 5.75 Å². The van der Waals surface area contributed by atoms with E-state index in [1.54, 1.807) is 0 Å². The van der Waals surface area contributed by atoms with E-state index in [1.165, 1.54) is 17.3 Å². The highest BCUT2D eigenvalue weighted by Crippen LogP contribution is 2.23. The normalized spacial score (nSPS) is 10.8. The van der Waals surface area contributed by atoms with Crippen molar-refractivity contribution in [1.29, 1.82) is 0 Å². The zero-order valence-corrected chi connectivity index (χ0v) is 13.2. The van der Waals surface area contributed by atoms with E-state index in [1.807, 2.05) is 48.5 Å². The Balaban J connectivity index is 1.98. The summed E-state index contributed by atoms with van der Waals surface area (Å²) in [5.74, 6) is 1.06. The molecule has 0 spiro atoms. The lowest BCUT2D eigenvalue weighted by molar-refractivity contribution is 0.102. The van der Waals surface area contributed by atoms with Crippen LogP contribution in [0, 0.1) is 0 Å². The van der Waals surface area contributed by atoms with Gasteiger partial charge in [0.2, 0.25) is 0 Å². The van der Waals surface area contributed by atoms with Gasteiger partial charge in [-0.1, -0.05) is 55.8 Å². The van der Waals surface area contributed by atoms with Crippen LogP contribution in [0.2, 0.25) is 5.02 Å². The van der Waals surface area contributed by atoms with Crippen molar-refractivity contribution in [3.8, 4) is 0 Å². The van der Waals surface area contributed by atoms with Gasteiger partial charge in [0, 0.05) is 15.5 Å². The molecule has 0 bridgehead atoms. The molecular formula is C17H17ClOS. The zero-order valence-electron chi connectivity index (χ0n) is 11.6. The highest BCUT2D eigenvalue weighted by atomic mass is 35.5. The molecule has 0 aliphatic carbocycles. The Hall–Kier alpha value is -1.25. The molecule has 0 unspecified atom stereocenters. The molecule has 0 aromatic heterocycles. The highest BCUT2D eigenvalue weighted by molar-refractivity contribution is 8.00. The number of benzene rings is 2. The Morgan fingerprint density at radius 2 is 1.85 bits per heavy atom. The molecule has 2 aromatic carbocycles. The first-order valence-corrected chi connectivity index (χ1v) is 7.94. The van der Waals surface area contributed by atoms with Crippen LogP contribution in [0.1, 0.15) is 35.7 Å². The van der Waals surface area contributed by atoms with E-state index < -0.39 is 0 Å². The van der Waals surface area contributed by atoms with Gasteiger partial charge in [-0.3, -0.25) is 4.79 Å². The van der Waals surface area contributed by atoms with Gasteiger partial charge >= 0.3 is 0 Å². The second kappa shape index (κ2) is 6.96. The summed E-state index contributed by atoms with van der Waals surface area (Å²) < 4.78 is 0. The molecule has 0 aliphatic heterocycles. The average molecular weight is 305 g/mol. The third-order valence-electron chi connectivity index (χ3n) is 3.07. The van der Waals surface area contributed by atoms with Gasteiger partial charge in [0.15, 0.2) is 5.78 Å². The molecule has 1 nitrogen and oxygen atoms in total. The Kier molecular flexibility index (Phi) is 5.27. The lowest BCUT2D eigenvalue weighted by Gasteiger charge is -2.06. The summed E-state index contributed by atoms with van der Waals surface area (Å²) in [5.41, 5.74) is 2.02. The van der Waals surface area contributed by atoms with E-state index in [9.17, 15) is 4.79 Å². The number of carbonyl (C=O) groups is 1. The third-order valence-corrected chi connectivity index (χ3v) is 4.29. The fourth-order valence-corrected chi connectivity index (χ4v) is 2.95. The monoisotopic (exact) mass is 304 g/mol. The number of hydrogen-bond acceptors (Lipinski definition) is 2. The van der Waals surface area contributed by atoms with Crippen LogP contribution in [0.25, 0.3) is 0 Å². The summed E-state index contributed by atoms with van der Waals surface area (Å²) >= 11 is 7.44. The maximum atomic E-state index is 12.1. The van der Waals surface area contributed by atoms with Gasteiger partial charge in [-0.05, 0) is 29.7 Å². The molecule has 20 heavy (non-hydrogen) atoms. The lowest BCUT2D eigenvalue weighted by atomic mass is 10.0. The van der Waals surface area contributed by atoms with Crippen LogP contribution in [0.3, 0.4) is 0 Å². The first-order valence-electron chi connectivity index (χ1n) is 6.58. The van der Waals surface area contributed by atoms with Gasteiger partial charge < -0.3 is 0 Å². The predicted molar refractivity (Wildman–Crippen MR) is 87.0 cm³/mol. The summed E-state index contributed by atoms with van der Waals surface area (Å²) in [6.07, 6.45) is 0. The number of carbonyl (C=O) groups excluding carboxylic acids is 1. The van der Waals surface area contributed by atoms with Crippen molar-refractivity contribution in [2.24, 2.45) is 0 Å². The Morgan fingerprint density at radius 1 is 1.15 bits per heavy atom. The molecule has 0 heterocycles. The number of thioether (sulfide) groups is 1. The first kappa shape index (κ1) is 15.1. The predicted octanol–water partition coefficient (Wildman–Crippen LogP) is 5.44. The smallest absolute Gasteiger partial charge is 0.173 e. The second-order valence-corrected chi connectivity index (χ2v) is 6.43. The summed E-state index contributed by atoms with van der Waals surface area (Å²) in [6.45, 7) is 4.29. The average Bonchev–Trinajstić information content (AvgIpc) is 2.45. The second-order valence-electron chi connectivity index (χ2n) is 4.95. The summed E-state index contributed by atoms with van der Waals surface area (Å²) in [5, 5.41) is 0.698. The molecule has 104 valence electrons. The number of rotatable bonds is 5. The molecule has 0 saturated carbocycles. The Bertz CT molecular complexity index is 590. The quantitative estimate of drug-likeness (QED) is 0.540. The zero-order chi connectivity index (χ0) is 14.5. The molecule has 0 radical (unpaired) electrons. The fraction of sp³-hybridized carbons (Fsp3) is 0.235. The van der Waals surface area contributed by atoms with Gasteiger partial charge in [0.25, 0.3) is 0 Å². The van der Waals surface area contributed by atoms with Crippen LogP contribution in [-0.4, -0.2) is 11.5 Å². The molecule has 0 amide bonds. The maximum absolute atomic E-state index is 12.1. The van der Waals surface area contributed by atoms with Crippen molar-refractivity contribution >= 4 is 29.1 Å². The van der Waals surface area contributed by atoms with Crippen molar-refractivity contribution in [2.45, 2.75) is 24.7 Å². The van der Waals surface area contributed by atoms with Crippen molar-refractivity contribution in [1.82, 2.24) is 0 Å². The molecule has 0 N–H and O–H groups in total. The Morgan fingerprint density at radius 3 is 2.45 bits per heavy atom. The van der Waals surface area contributed by atoms with Gasteiger partial charge in [-0.25, -0.2) is 0 Å². The third kappa shape index (κ3) is 4.12. The van der Waals surface area contributed by atoms with Gasteiger partial charge in [-0.15, -0.1) is 11.8 Å². The van der Waals surface area contributed by atoms with Gasteiger partial charge in [0.1, 0.15) is 0 Å². The van der Waals surface area contributed by atoms with Crippen molar-refractivity contribution < 1.29 is 4.79 Å². The van der Waals surface area contributed by atoms with Crippen LogP contribution in [0.5, 0.6) is 0 Å². The maximum Gasteiger partial charge on any atom is 0.173 e. The molecule has 0 aliphatic rings. The molecular weight excluding hydrogens is 288 g/mol. The largest absolute Gasteiger partial charge is 0.293 e. The molecule has 2 rings (SSSR count). The van der Waals surface area contributed by atoms with Crippen LogP contribution in [-0.2, 0) is 0 Å². The number of halogens is 1. The standard InChI is InChI=1S/C17H17ClOS/c1-12(2)13-6-8-14(9-7-13)17(19)11-20-16-5-3-4-15(18)10-16/h3-10,12H,11H2,1-2H3. The van der Waals surface area contributed by atoms with Crippen LogP contribution >= 0.6 is 23.4 Å². The number of hydrogen-bond donors (Lipinski definition) is 0. The molecule has 0 fully saturated rings. The SMILES string of the molecule is CC(C)c1ccc(C(=O)CSc2cccc(Cl)c2)cc1. The summed E-state index contributed by atoms with van der Waals surface area (Å²) in [6, 6.07) is 15.5. The van der Waals surface area contributed by atoms with E-state index in [0.29, 0.717) is 16.7 Å². The topological polar surface area (TPSA) is 17.1 Å². The van der Waals surface area contributed by atoms with Crippen LogP contribution in [0.15, 0.2) is 53.4 Å². The van der Waals surface area contributed by atoms with Crippen LogP contribution in [0.4, 0.5) is 0 Å². The Labute approximate surface area is 129 Å². The molecule has 3 heteroatoms. The van der Waals surface area contributed by atoms with E-state index in [-0.39, 0.29) is 5.78 Å². The van der Waals surface area contributed by atoms with Crippen molar-refractivity contribution in [3.63, 3.8) is 0 Å². The highest BCUT2D eigenvalue weighted by Gasteiger charge is 2.07. The minimum Gasteiger partial charge on any atom is -0.293 e. The fourth-order valence-electron chi connectivity index (χ4n) is 1.84. The number of ketones is 1. The summed E-state index contributed by atoms with van der Waals surface area (Å²) in [7, 11) is 0. The summed E-state index contributed by atoms with van der Waals surface area (Å²) in [4.78, 5) is 13.1. The van der Waals surface area contributed by atoms with Gasteiger partial charge in [-0.2, -0.15) is 0 Å².